The molecule has 3 rings (SSSR count). The van der Waals surface area contributed by atoms with E-state index in [0.29, 0.717) is 18.7 Å². The fraction of sp³-hybridized carbons (Fsp3) is 0.143. The van der Waals surface area contributed by atoms with Gasteiger partial charge in [0.05, 0.1) is 16.5 Å². The molecule has 4 heteroatoms. The van der Waals surface area contributed by atoms with E-state index in [2.05, 4.69) is 18.7 Å². The number of carbonyl (C=O) groups is 1. The molecular formula is C21H18N2OS. The number of hydrogen-bond donors (Lipinski definition) is 0. The summed E-state index contributed by atoms with van der Waals surface area (Å²) in [6.07, 6.45) is 1.74. The molecule has 0 aliphatic heterocycles. The molecular weight excluding hydrogens is 328 g/mol. The third-order valence-corrected chi connectivity index (χ3v) is 5.39. The molecule has 25 heavy (non-hydrogen) atoms. The molecule has 3 aromatic rings. The molecule has 2 aromatic carbocycles. The third kappa shape index (κ3) is 3.47. The van der Waals surface area contributed by atoms with Crippen molar-refractivity contribution in [2.24, 2.45) is 0 Å². The van der Waals surface area contributed by atoms with Gasteiger partial charge in [-0.3, -0.25) is 4.79 Å². The van der Waals surface area contributed by atoms with Crippen molar-refractivity contribution >= 4 is 27.3 Å². The van der Waals surface area contributed by atoms with Crippen molar-refractivity contribution in [3.63, 3.8) is 0 Å². The van der Waals surface area contributed by atoms with Crippen LogP contribution in [0, 0.1) is 18.3 Å². The maximum absolute atomic E-state index is 13.1. The smallest absolute Gasteiger partial charge is 0.264 e. The number of aryl methyl sites for hydroxylation is 1. The Morgan fingerprint density at radius 2 is 1.96 bits per heavy atom. The van der Waals surface area contributed by atoms with E-state index in [4.69, 9.17) is 5.26 Å². The van der Waals surface area contributed by atoms with Crippen molar-refractivity contribution in [1.29, 1.82) is 5.26 Å². The lowest BCUT2D eigenvalue weighted by molar-refractivity contribution is 0.0767. The second-order valence-corrected chi connectivity index (χ2v) is 6.89. The van der Waals surface area contributed by atoms with Crippen molar-refractivity contribution in [2.45, 2.75) is 13.5 Å². The van der Waals surface area contributed by atoms with Crippen LogP contribution < -0.4 is 0 Å². The van der Waals surface area contributed by atoms with Crippen LogP contribution in [0.2, 0.25) is 0 Å². The first-order valence-electron chi connectivity index (χ1n) is 8.01. The van der Waals surface area contributed by atoms with Gasteiger partial charge in [-0.25, -0.2) is 0 Å². The molecule has 0 saturated carbocycles. The minimum Gasteiger partial charge on any atom is -0.330 e. The summed E-state index contributed by atoms with van der Waals surface area (Å²) in [7, 11) is 0. The minimum absolute atomic E-state index is 0.0166. The highest BCUT2D eigenvalue weighted by Gasteiger charge is 2.20. The molecule has 0 N–H and O–H groups in total. The lowest BCUT2D eigenvalue weighted by atomic mass is 10.1. The van der Waals surface area contributed by atoms with Crippen LogP contribution in [0.1, 0.15) is 26.4 Å². The van der Waals surface area contributed by atoms with Gasteiger partial charge in [-0.05, 0) is 41.6 Å². The Kier molecular flexibility index (Phi) is 4.97. The molecule has 3 nitrogen and oxygen atoms in total. The predicted molar refractivity (Wildman–Crippen MR) is 103 cm³/mol. The van der Waals surface area contributed by atoms with E-state index >= 15 is 0 Å². The third-order valence-electron chi connectivity index (χ3n) is 4.13. The van der Waals surface area contributed by atoms with E-state index in [1.807, 2.05) is 37.3 Å². The Morgan fingerprint density at radius 1 is 1.24 bits per heavy atom. The molecule has 0 saturated heterocycles. The highest BCUT2D eigenvalue weighted by molar-refractivity contribution is 7.21. The monoisotopic (exact) mass is 346 g/mol. The van der Waals surface area contributed by atoms with Crippen molar-refractivity contribution in [2.75, 3.05) is 6.54 Å². The summed E-state index contributed by atoms with van der Waals surface area (Å²) in [5.74, 6) is 0.0166. The van der Waals surface area contributed by atoms with Crippen molar-refractivity contribution < 1.29 is 4.79 Å². The van der Waals surface area contributed by atoms with Gasteiger partial charge in [0.2, 0.25) is 0 Å². The van der Waals surface area contributed by atoms with Gasteiger partial charge >= 0.3 is 0 Å². The Hall–Kier alpha value is -2.90. The number of nitriles is 1. The number of thiophene rings is 1. The molecule has 0 spiro atoms. The van der Waals surface area contributed by atoms with Crippen molar-refractivity contribution in [1.82, 2.24) is 4.90 Å². The van der Waals surface area contributed by atoms with Crippen LogP contribution in [0.4, 0.5) is 0 Å². The number of fused-ring (bicyclic) bond motifs is 1. The maximum Gasteiger partial charge on any atom is 0.264 e. The summed E-state index contributed by atoms with van der Waals surface area (Å²) in [6, 6.07) is 17.5. The first kappa shape index (κ1) is 16.9. The van der Waals surface area contributed by atoms with Crippen LogP contribution in [0.3, 0.4) is 0 Å². The van der Waals surface area contributed by atoms with E-state index < -0.39 is 0 Å². The van der Waals surface area contributed by atoms with Gasteiger partial charge in [0.25, 0.3) is 5.91 Å². The summed E-state index contributed by atoms with van der Waals surface area (Å²) in [6.45, 7) is 6.75. The van der Waals surface area contributed by atoms with Crippen LogP contribution in [0.15, 0.2) is 61.2 Å². The quantitative estimate of drug-likeness (QED) is 0.616. The van der Waals surface area contributed by atoms with Gasteiger partial charge in [-0.2, -0.15) is 5.26 Å². The number of nitrogens with zero attached hydrogens (tertiary/aromatic N) is 2. The van der Waals surface area contributed by atoms with E-state index in [1.165, 1.54) is 11.3 Å². The zero-order valence-electron chi connectivity index (χ0n) is 14.0. The fourth-order valence-electron chi connectivity index (χ4n) is 2.80. The first-order valence-corrected chi connectivity index (χ1v) is 8.83. The van der Waals surface area contributed by atoms with Crippen LogP contribution in [-0.2, 0) is 6.54 Å². The summed E-state index contributed by atoms with van der Waals surface area (Å²) < 4.78 is 1.13. The van der Waals surface area contributed by atoms with E-state index in [-0.39, 0.29) is 5.91 Å². The Balaban J connectivity index is 1.90. The van der Waals surface area contributed by atoms with Gasteiger partial charge in [0.1, 0.15) is 0 Å². The van der Waals surface area contributed by atoms with Crippen LogP contribution in [0.5, 0.6) is 0 Å². The maximum atomic E-state index is 13.1. The van der Waals surface area contributed by atoms with Gasteiger partial charge in [0.15, 0.2) is 0 Å². The van der Waals surface area contributed by atoms with Gasteiger partial charge in [-0.1, -0.05) is 36.4 Å². The number of benzene rings is 2. The Labute approximate surface area is 151 Å². The second-order valence-electron chi connectivity index (χ2n) is 5.84. The van der Waals surface area contributed by atoms with E-state index in [1.54, 1.807) is 23.1 Å². The van der Waals surface area contributed by atoms with Gasteiger partial charge in [0, 0.05) is 17.8 Å². The molecule has 1 amide bonds. The fourth-order valence-corrected chi connectivity index (χ4v) is 3.98. The number of amides is 1. The Bertz CT molecular complexity index is 964. The molecule has 0 bridgehead atoms. The SMILES string of the molecule is C=CCN(Cc1ccc(C#N)cc1)C(=O)c1sc2ccccc2c1C. The first-order chi connectivity index (χ1) is 12.1. The summed E-state index contributed by atoms with van der Waals surface area (Å²) >= 11 is 1.53. The van der Waals surface area contributed by atoms with Gasteiger partial charge in [-0.15, -0.1) is 17.9 Å². The van der Waals surface area contributed by atoms with E-state index in [9.17, 15) is 4.79 Å². The highest BCUT2D eigenvalue weighted by atomic mass is 32.1. The minimum atomic E-state index is 0.0166. The largest absolute Gasteiger partial charge is 0.330 e. The summed E-state index contributed by atoms with van der Waals surface area (Å²) in [5, 5.41) is 10.0. The molecule has 0 aliphatic rings. The standard InChI is InChI=1S/C21H18N2OS/c1-3-12-23(14-17-10-8-16(13-22)9-11-17)21(24)20-15(2)18-6-4-5-7-19(18)25-20/h3-11H,1,12,14H2,2H3. The average molecular weight is 346 g/mol. The molecule has 0 fully saturated rings. The summed E-state index contributed by atoms with van der Waals surface area (Å²) in [5.41, 5.74) is 2.64. The normalized spacial score (nSPS) is 10.4. The highest BCUT2D eigenvalue weighted by Crippen LogP contribution is 2.31. The molecule has 0 unspecified atom stereocenters. The van der Waals surface area contributed by atoms with Crippen LogP contribution in [-0.4, -0.2) is 17.4 Å². The topological polar surface area (TPSA) is 44.1 Å². The van der Waals surface area contributed by atoms with E-state index in [0.717, 1.165) is 26.1 Å². The zero-order valence-corrected chi connectivity index (χ0v) is 14.8. The van der Waals surface area contributed by atoms with Crippen LogP contribution in [0.25, 0.3) is 10.1 Å². The molecule has 124 valence electrons. The predicted octanol–water partition coefficient (Wildman–Crippen LogP) is 4.91. The summed E-state index contributed by atoms with van der Waals surface area (Å²) in [4.78, 5) is 15.6. The number of rotatable bonds is 5. The lowest BCUT2D eigenvalue weighted by Crippen LogP contribution is -2.30. The lowest BCUT2D eigenvalue weighted by Gasteiger charge is -2.21. The van der Waals surface area contributed by atoms with Crippen molar-refractivity contribution in [3.05, 3.63) is 82.8 Å². The Morgan fingerprint density at radius 3 is 2.60 bits per heavy atom. The number of hydrogen-bond acceptors (Lipinski definition) is 3. The second kappa shape index (κ2) is 7.33. The van der Waals surface area contributed by atoms with Gasteiger partial charge < -0.3 is 4.90 Å². The molecule has 0 aliphatic carbocycles. The average Bonchev–Trinajstić information content (AvgIpc) is 2.98. The molecule has 1 heterocycles. The van der Waals surface area contributed by atoms with Crippen molar-refractivity contribution in [3.8, 4) is 6.07 Å². The molecule has 1 aromatic heterocycles. The molecule has 0 radical (unpaired) electrons. The van der Waals surface area contributed by atoms with Crippen LogP contribution >= 0.6 is 11.3 Å². The zero-order chi connectivity index (χ0) is 17.8. The number of carbonyl (C=O) groups excluding carboxylic acids is 1. The molecule has 0 atom stereocenters.